The Hall–Kier alpha value is -0.265. The minimum atomic E-state index is -1.27. The molecule has 0 heterocycles. The van der Waals surface area contributed by atoms with Crippen molar-refractivity contribution in [2.24, 2.45) is 0 Å². The molecule has 20 heavy (non-hydrogen) atoms. The molecule has 0 amide bonds. The lowest BCUT2D eigenvalue weighted by Crippen LogP contribution is -2.53. The van der Waals surface area contributed by atoms with E-state index in [1.54, 1.807) is 39.8 Å². The van der Waals surface area contributed by atoms with Gasteiger partial charge in [-0.05, 0) is 49.7 Å². The SMILES string of the molecule is COc1c(Br)ccc(B(O)OC(C)(C)C(C)(C)O)c1Cl. The Morgan fingerprint density at radius 3 is 2.25 bits per heavy atom. The van der Waals surface area contributed by atoms with E-state index >= 15 is 0 Å². The predicted molar refractivity (Wildman–Crippen MR) is 84.8 cm³/mol. The van der Waals surface area contributed by atoms with Crippen molar-refractivity contribution in [3.63, 3.8) is 0 Å². The second kappa shape index (κ2) is 6.24. The van der Waals surface area contributed by atoms with Gasteiger partial charge in [0.15, 0.2) is 5.75 Å². The van der Waals surface area contributed by atoms with Crippen molar-refractivity contribution < 1.29 is 19.5 Å². The van der Waals surface area contributed by atoms with Gasteiger partial charge in [0.25, 0.3) is 0 Å². The van der Waals surface area contributed by atoms with Gasteiger partial charge in [0.05, 0.1) is 27.8 Å². The zero-order chi connectivity index (χ0) is 15.7. The van der Waals surface area contributed by atoms with Crippen molar-refractivity contribution in [3.05, 3.63) is 21.6 Å². The van der Waals surface area contributed by atoms with Gasteiger partial charge in [-0.3, -0.25) is 0 Å². The van der Waals surface area contributed by atoms with Gasteiger partial charge in [0, 0.05) is 5.46 Å². The van der Waals surface area contributed by atoms with Gasteiger partial charge in [-0.2, -0.15) is 0 Å². The number of aliphatic hydroxyl groups is 1. The van der Waals surface area contributed by atoms with Crippen LogP contribution in [-0.4, -0.2) is 35.6 Å². The summed E-state index contributed by atoms with van der Waals surface area (Å²) in [7, 11) is 0.218. The van der Waals surface area contributed by atoms with Crippen LogP contribution in [-0.2, 0) is 4.65 Å². The lowest BCUT2D eigenvalue weighted by atomic mass is 9.76. The first-order valence-electron chi connectivity index (χ1n) is 6.11. The summed E-state index contributed by atoms with van der Waals surface area (Å²) in [5.41, 5.74) is -1.71. The minimum Gasteiger partial charge on any atom is -0.494 e. The largest absolute Gasteiger partial charge is 0.494 e. The van der Waals surface area contributed by atoms with E-state index in [4.69, 9.17) is 21.0 Å². The standard InChI is InChI=1S/C13H19BBrClO4/c1-12(2,17)13(3,4)20-14(18)8-6-7-9(15)11(19-5)10(8)16/h6-7,17-18H,1-5H3. The highest BCUT2D eigenvalue weighted by Gasteiger charge is 2.40. The number of hydrogen-bond acceptors (Lipinski definition) is 4. The van der Waals surface area contributed by atoms with E-state index in [-0.39, 0.29) is 5.02 Å². The molecule has 1 aromatic carbocycles. The van der Waals surface area contributed by atoms with Crippen LogP contribution in [0.3, 0.4) is 0 Å². The van der Waals surface area contributed by atoms with E-state index < -0.39 is 18.3 Å². The molecule has 0 radical (unpaired) electrons. The summed E-state index contributed by atoms with van der Waals surface area (Å²) in [4.78, 5) is 0. The molecule has 0 aliphatic rings. The Labute approximate surface area is 133 Å². The van der Waals surface area contributed by atoms with Crippen LogP contribution < -0.4 is 10.2 Å². The van der Waals surface area contributed by atoms with Gasteiger partial charge in [0.2, 0.25) is 0 Å². The molecule has 0 saturated carbocycles. The number of ether oxygens (including phenoxy) is 1. The molecule has 1 aromatic rings. The topological polar surface area (TPSA) is 58.9 Å². The summed E-state index contributed by atoms with van der Waals surface area (Å²) >= 11 is 9.51. The smallest absolute Gasteiger partial charge is 0.493 e. The maximum absolute atomic E-state index is 10.2. The second-order valence-corrected chi connectivity index (χ2v) is 6.76. The lowest BCUT2D eigenvalue weighted by molar-refractivity contribution is -0.0982. The van der Waals surface area contributed by atoms with Crippen molar-refractivity contribution in [2.45, 2.75) is 38.9 Å². The molecule has 0 saturated heterocycles. The van der Waals surface area contributed by atoms with E-state index in [1.165, 1.54) is 7.11 Å². The van der Waals surface area contributed by atoms with E-state index in [0.717, 1.165) is 0 Å². The molecular weight excluding hydrogens is 346 g/mol. The number of benzene rings is 1. The summed E-state index contributed by atoms with van der Waals surface area (Å²) in [5, 5.41) is 20.5. The van der Waals surface area contributed by atoms with Gasteiger partial charge < -0.3 is 19.5 Å². The Morgan fingerprint density at radius 2 is 1.80 bits per heavy atom. The molecule has 0 atom stereocenters. The summed E-state index contributed by atoms with van der Waals surface area (Å²) in [5.74, 6) is 0.424. The monoisotopic (exact) mass is 364 g/mol. The summed E-state index contributed by atoms with van der Waals surface area (Å²) in [6.45, 7) is 6.62. The van der Waals surface area contributed by atoms with Crippen LogP contribution in [0.15, 0.2) is 16.6 Å². The van der Waals surface area contributed by atoms with Gasteiger partial charge in [-0.1, -0.05) is 17.7 Å². The first-order chi connectivity index (χ1) is 9.01. The van der Waals surface area contributed by atoms with Crippen LogP contribution in [0.5, 0.6) is 5.75 Å². The normalized spacial score (nSPS) is 12.4. The molecule has 0 aliphatic carbocycles. The third-order valence-electron chi connectivity index (χ3n) is 3.43. The van der Waals surface area contributed by atoms with Crippen molar-refractivity contribution in [1.82, 2.24) is 0 Å². The fourth-order valence-corrected chi connectivity index (χ4v) is 2.35. The molecule has 112 valence electrons. The number of hydrogen-bond donors (Lipinski definition) is 2. The highest BCUT2D eigenvalue weighted by molar-refractivity contribution is 9.10. The molecule has 0 aliphatic heterocycles. The molecule has 0 fully saturated rings. The summed E-state index contributed by atoms with van der Waals surface area (Å²) in [6, 6.07) is 3.35. The molecule has 7 heteroatoms. The quantitative estimate of drug-likeness (QED) is 0.787. The first-order valence-corrected chi connectivity index (χ1v) is 7.28. The molecule has 0 aromatic heterocycles. The maximum Gasteiger partial charge on any atom is 0.493 e. The van der Waals surface area contributed by atoms with E-state index in [0.29, 0.717) is 15.7 Å². The fourth-order valence-electron chi connectivity index (χ4n) is 1.41. The molecule has 1 rings (SSSR count). The molecule has 0 spiro atoms. The Balaban J connectivity index is 3.08. The Kier molecular flexibility index (Phi) is 5.55. The summed E-state index contributed by atoms with van der Waals surface area (Å²) in [6.07, 6.45) is 0. The first kappa shape index (κ1) is 17.8. The molecule has 0 bridgehead atoms. The lowest BCUT2D eigenvalue weighted by Gasteiger charge is -2.38. The average molecular weight is 365 g/mol. The summed E-state index contributed by atoms with van der Waals surface area (Å²) < 4.78 is 11.4. The predicted octanol–water partition coefficient (Wildman–Crippen LogP) is 2.36. The molecule has 2 N–H and O–H groups in total. The molecule has 4 nitrogen and oxygen atoms in total. The average Bonchev–Trinajstić information content (AvgIpc) is 2.27. The van der Waals surface area contributed by atoms with Crippen LogP contribution >= 0.6 is 27.5 Å². The highest BCUT2D eigenvalue weighted by atomic mass is 79.9. The van der Waals surface area contributed by atoms with Gasteiger partial charge >= 0.3 is 7.12 Å². The van der Waals surface area contributed by atoms with Crippen molar-refractivity contribution in [3.8, 4) is 5.75 Å². The van der Waals surface area contributed by atoms with Crippen molar-refractivity contribution in [1.29, 1.82) is 0 Å². The second-order valence-electron chi connectivity index (χ2n) is 5.52. The van der Waals surface area contributed by atoms with Crippen LogP contribution in [0.1, 0.15) is 27.7 Å². The van der Waals surface area contributed by atoms with Crippen LogP contribution in [0.4, 0.5) is 0 Å². The third kappa shape index (κ3) is 3.68. The molecule has 0 unspecified atom stereocenters. The van der Waals surface area contributed by atoms with Crippen LogP contribution in [0, 0.1) is 0 Å². The van der Waals surface area contributed by atoms with E-state index in [9.17, 15) is 10.1 Å². The fraction of sp³-hybridized carbons (Fsp3) is 0.538. The molecular formula is C13H19BBrClO4. The van der Waals surface area contributed by atoms with E-state index in [1.807, 2.05) is 0 Å². The maximum atomic E-state index is 10.2. The van der Waals surface area contributed by atoms with Crippen LogP contribution in [0.25, 0.3) is 0 Å². The zero-order valence-corrected chi connectivity index (χ0v) is 14.5. The third-order valence-corrected chi connectivity index (χ3v) is 4.44. The van der Waals surface area contributed by atoms with E-state index in [2.05, 4.69) is 15.9 Å². The number of halogens is 2. The van der Waals surface area contributed by atoms with Gasteiger partial charge in [0.1, 0.15) is 0 Å². The Bertz CT molecular complexity index is 488. The highest BCUT2D eigenvalue weighted by Crippen LogP contribution is 2.32. The number of methoxy groups -OCH3 is 1. The van der Waals surface area contributed by atoms with Crippen molar-refractivity contribution in [2.75, 3.05) is 7.11 Å². The number of rotatable bonds is 5. The van der Waals surface area contributed by atoms with Crippen LogP contribution in [0.2, 0.25) is 5.02 Å². The minimum absolute atomic E-state index is 0.265. The van der Waals surface area contributed by atoms with Gasteiger partial charge in [-0.15, -0.1) is 0 Å². The Morgan fingerprint density at radius 1 is 1.25 bits per heavy atom. The van der Waals surface area contributed by atoms with Gasteiger partial charge in [-0.25, -0.2) is 0 Å². The zero-order valence-electron chi connectivity index (χ0n) is 12.2. The van der Waals surface area contributed by atoms with Crippen molar-refractivity contribution >= 4 is 40.1 Å².